The molecule has 1 aliphatic heterocycles. The van der Waals surface area contributed by atoms with Gasteiger partial charge in [-0.15, -0.1) is 0 Å². The second kappa shape index (κ2) is 6.49. The van der Waals surface area contributed by atoms with E-state index >= 15 is 0 Å². The lowest BCUT2D eigenvalue weighted by molar-refractivity contribution is 0.286. The number of anilines is 1. The number of piperidine rings is 1. The van der Waals surface area contributed by atoms with E-state index in [1.54, 1.807) is 0 Å². The summed E-state index contributed by atoms with van der Waals surface area (Å²) in [5, 5.41) is 16.8. The fourth-order valence-corrected chi connectivity index (χ4v) is 4.03. The number of rotatable bonds is 3. The zero-order chi connectivity index (χ0) is 14.7. The van der Waals surface area contributed by atoms with Crippen LogP contribution in [-0.4, -0.2) is 18.6 Å². The summed E-state index contributed by atoms with van der Waals surface area (Å²) in [5.74, 6) is 0.706. The summed E-state index contributed by atoms with van der Waals surface area (Å²) in [5.41, 5.74) is 2.89. The normalized spacial score (nSPS) is 29.0. The van der Waals surface area contributed by atoms with Crippen LogP contribution in [0.5, 0.6) is 0 Å². The SMILES string of the molecule is Cc1cccc(NC2CCCC2C2CCCCN2)c1C#N. The molecule has 3 rings (SSSR count). The number of hydrogen-bond donors (Lipinski definition) is 2. The van der Waals surface area contributed by atoms with Gasteiger partial charge in [0, 0.05) is 12.1 Å². The van der Waals surface area contributed by atoms with Crippen LogP contribution in [0.15, 0.2) is 18.2 Å². The highest BCUT2D eigenvalue weighted by Crippen LogP contribution is 2.34. The Balaban J connectivity index is 1.74. The Labute approximate surface area is 127 Å². The van der Waals surface area contributed by atoms with E-state index in [9.17, 15) is 5.26 Å². The number of aryl methyl sites for hydroxylation is 1. The minimum Gasteiger partial charge on any atom is -0.381 e. The van der Waals surface area contributed by atoms with Crippen molar-refractivity contribution in [1.82, 2.24) is 5.32 Å². The van der Waals surface area contributed by atoms with Gasteiger partial charge in [-0.05, 0) is 56.7 Å². The second-order valence-electron chi connectivity index (χ2n) is 6.51. The Morgan fingerprint density at radius 2 is 2.10 bits per heavy atom. The summed E-state index contributed by atoms with van der Waals surface area (Å²) in [6.45, 7) is 3.18. The standard InChI is InChI=1S/C18H25N3/c1-13-6-4-9-18(15(13)12-19)21-17-10-5-7-14(17)16-8-2-3-11-20-16/h4,6,9,14,16-17,20-21H,2-3,5,7-8,10-11H2,1H3. The molecule has 2 aliphatic rings. The van der Waals surface area contributed by atoms with Crippen molar-refractivity contribution in [1.29, 1.82) is 5.26 Å². The van der Waals surface area contributed by atoms with E-state index in [1.165, 1.54) is 45.1 Å². The molecule has 2 fully saturated rings. The molecule has 21 heavy (non-hydrogen) atoms. The maximum atomic E-state index is 9.39. The summed E-state index contributed by atoms with van der Waals surface area (Å²) >= 11 is 0. The maximum Gasteiger partial charge on any atom is 0.102 e. The fraction of sp³-hybridized carbons (Fsp3) is 0.611. The largest absolute Gasteiger partial charge is 0.381 e. The Hall–Kier alpha value is -1.53. The molecular formula is C18H25N3. The average molecular weight is 283 g/mol. The van der Waals surface area contributed by atoms with Crippen molar-refractivity contribution in [3.63, 3.8) is 0 Å². The van der Waals surface area contributed by atoms with Crippen molar-refractivity contribution in [2.24, 2.45) is 5.92 Å². The third-order valence-corrected chi connectivity index (χ3v) is 5.16. The number of nitriles is 1. The molecular weight excluding hydrogens is 258 g/mol. The first-order valence-corrected chi connectivity index (χ1v) is 8.29. The Bertz CT molecular complexity index is 526. The predicted molar refractivity (Wildman–Crippen MR) is 86.3 cm³/mol. The highest BCUT2D eigenvalue weighted by Gasteiger charge is 2.34. The summed E-state index contributed by atoms with van der Waals surface area (Å²) in [4.78, 5) is 0. The van der Waals surface area contributed by atoms with E-state index in [0.29, 0.717) is 18.0 Å². The number of hydrogen-bond acceptors (Lipinski definition) is 3. The third-order valence-electron chi connectivity index (χ3n) is 5.16. The van der Waals surface area contributed by atoms with Gasteiger partial charge >= 0.3 is 0 Å². The third kappa shape index (κ3) is 3.06. The van der Waals surface area contributed by atoms with Crippen LogP contribution in [0.1, 0.15) is 49.7 Å². The molecule has 3 atom stereocenters. The number of nitrogens with zero attached hydrogens (tertiary/aromatic N) is 1. The Morgan fingerprint density at radius 3 is 2.86 bits per heavy atom. The first-order valence-electron chi connectivity index (χ1n) is 8.29. The highest BCUT2D eigenvalue weighted by molar-refractivity contribution is 5.61. The van der Waals surface area contributed by atoms with E-state index in [0.717, 1.165) is 16.8 Å². The first-order chi connectivity index (χ1) is 10.3. The fourth-order valence-electron chi connectivity index (χ4n) is 4.03. The summed E-state index contributed by atoms with van der Waals surface area (Å²) < 4.78 is 0. The quantitative estimate of drug-likeness (QED) is 0.891. The van der Waals surface area contributed by atoms with Crippen LogP contribution < -0.4 is 10.6 Å². The van der Waals surface area contributed by atoms with Crippen LogP contribution in [0.2, 0.25) is 0 Å². The van der Waals surface area contributed by atoms with E-state index < -0.39 is 0 Å². The van der Waals surface area contributed by atoms with Gasteiger partial charge in [0.2, 0.25) is 0 Å². The van der Waals surface area contributed by atoms with Crippen molar-refractivity contribution >= 4 is 5.69 Å². The lowest BCUT2D eigenvalue weighted by atomic mass is 9.88. The smallest absolute Gasteiger partial charge is 0.102 e. The predicted octanol–water partition coefficient (Wildman–Crippen LogP) is 3.59. The van der Waals surface area contributed by atoms with Crippen molar-refractivity contribution in [2.45, 2.75) is 57.5 Å². The van der Waals surface area contributed by atoms with Crippen molar-refractivity contribution < 1.29 is 0 Å². The molecule has 1 aromatic carbocycles. The van der Waals surface area contributed by atoms with E-state index in [-0.39, 0.29) is 0 Å². The molecule has 1 saturated carbocycles. The minimum atomic E-state index is 0.509. The van der Waals surface area contributed by atoms with Crippen molar-refractivity contribution in [3.05, 3.63) is 29.3 Å². The summed E-state index contributed by atoms with van der Waals surface area (Å²) in [6.07, 6.45) is 7.81. The van der Waals surface area contributed by atoms with Crippen LogP contribution in [0.3, 0.4) is 0 Å². The van der Waals surface area contributed by atoms with Crippen LogP contribution in [-0.2, 0) is 0 Å². The van der Waals surface area contributed by atoms with Gasteiger partial charge in [-0.1, -0.05) is 25.0 Å². The minimum absolute atomic E-state index is 0.509. The van der Waals surface area contributed by atoms with Crippen LogP contribution >= 0.6 is 0 Å². The topological polar surface area (TPSA) is 47.8 Å². The molecule has 1 saturated heterocycles. The maximum absolute atomic E-state index is 9.39. The molecule has 0 amide bonds. The van der Waals surface area contributed by atoms with Gasteiger partial charge < -0.3 is 10.6 Å². The van der Waals surface area contributed by atoms with Gasteiger partial charge in [-0.2, -0.15) is 5.26 Å². The molecule has 1 heterocycles. The van der Waals surface area contributed by atoms with Gasteiger partial charge in [0.15, 0.2) is 0 Å². The summed E-state index contributed by atoms with van der Waals surface area (Å²) in [6, 6.07) is 9.63. The van der Waals surface area contributed by atoms with Crippen molar-refractivity contribution in [3.8, 4) is 6.07 Å². The summed E-state index contributed by atoms with van der Waals surface area (Å²) in [7, 11) is 0. The van der Waals surface area contributed by atoms with Gasteiger partial charge in [0.1, 0.15) is 6.07 Å². The molecule has 0 aromatic heterocycles. The molecule has 1 aromatic rings. The monoisotopic (exact) mass is 283 g/mol. The molecule has 0 spiro atoms. The molecule has 2 N–H and O–H groups in total. The highest BCUT2D eigenvalue weighted by atomic mass is 15.0. The van der Waals surface area contributed by atoms with Gasteiger partial charge in [-0.25, -0.2) is 0 Å². The van der Waals surface area contributed by atoms with E-state index in [2.05, 4.69) is 22.8 Å². The Morgan fingerprint density at radius 1 is 1.19 bits per heavy atom. The molecule has 0 radical (unpaired) electrons. The van der Waals surface area contributed by atoms with Gasteiger partial charge in [0.25, 0.3) is 0 Å². The van der Waals surface area contributed by atoms with Gasteiger partial charge in [-0.3, -0.25) is 0 Å². The molecule has 112 valence electrons. The molecule has 1 aliphatic carbocycles. The van der Waals surface area contributed by atoms with E-state index in [4.69, 9.17) is 0 Å². The van der Waals surface area contributed by atoms with Crippen LogP contribution in [0, 0.1) is 24.2 Å². The zero-order valence-corrected chi connectivity index (χ0v) is 12.9. The zero-order valence-electron chi connectivity index (χ0n) is 12.9. The Kier molecular flexibility index (Phi) is 4.45. The van der Waals surface area contributed by atoms with Crippen LogP contribution in [0.4, 0.5) is 5.69 Å². The lowest BCUT2D eigenvalue weighted by Gasteiger charge is -2.33. The van der Waals surface area contributed by atoms with E-state index in [1.807, 2.05) is 19.1 Å². The average Bonchev–Trinajstić information content (AvgIpc) is 2.97. The lowest BCUT2D eigenvalue weighted by Crippen LogP contribution is -2.44. The second-order valence-corrected chi connectivity index (χ2v) is 6.51. The number of benzene rings is 1. The van der Waals surface area contributed by atoms with Crippen molar-refractivity contribution in [2.75, 3.05) is 11.9 Å². The molecule has 0 bridgehead atoms. The van der Waals surface area contributed by atoms with Crippen LogP contribution in [0.25, 0.3) is 0 Å². The molecule has 3 unspecified atom stereocenters. The first kappa shape index (κ1) is 14.4. The van der Waals surface area contributed by atoms with Gasteiger partial charge in [0.05, 0.1) is 11.3 Å². The molecule has 3 heteroatoms. The number of nitrogens with one attached hydrogen (secondary N) is 2. The molecule has 3 nitrogen and oxygen atoms in total.